The highest BCUT2D eigenvalue weighted by Gasteiger charge is 2.28. The summed E-state index contributed by atoms with van der Waals surface area (Å²) in [5.41, 5.74) is 6.60. The number of nitrogens with one attached hydrogen (secondary N) is 2. The fourth-order valence-corrected chi connectivity index (χ4v) is 5.14. The molecule has 1 unspecified atom stereocenters. The molecule has 1 fully saturated rings. The smallest absolute Gasteiger partial charge is 0.254 e. The molecule has 9 heteroatoms. The van der Waals surface area contributed by atoms with Crippen molar-refractivity contribution in [2.24, 2.45) is 0 Å². The van der Waals surface area contributed by atoms with Crippen LogP contribution in [0.3, 0.4) is 0 Å². The van der Waals surface area contributed by atoms with E-state index in [-0.39, 0.29) is 11.7 Å². The molecule has 0 spiro atoms. The Labute approximate surface area is 221 Å². The van der Waals surface area contributed by atoms with Crippen LogP contribution in [-0.2, 0) is 17.8 Å². The fourth-order valence-electron chi connectivity index (χ4n) is 5.14. The number of pyridine rings is 2. The molecule has 1 amide bonds. The molecule has 6 rings (SSSR count). The molecule has 1 aromatic carbocycles. The minimum Gasteiger partial charge on any atom is -0.381 e. The van der Waals surface area contributed by atoms with E-state index < -0.39 is 0 Å². The number of fused-ring (bicyclic) bond motifs is 2. The summed E-state index contributed by atoms with van der Waals surface area (Å²) in [4.78, 5) is 24.3. The molecule has 198 valence electrons. The minimum absolute atomic E-state index is 0.137. The van der Waals surface area contributed by atoms with Crippen LogP contribution in [0.5, 0.6) is 0 Å². The van der Waals surface area contributed by atoms with Gasteiger partial charge in [-0.15, -0.1) is 0 Å². The summed E-state index contributed by atoms with van der Waals surface area (Å²) >= 11 is 0. The van der Waals surface area contributed by atoms with Crippen LogP contribution in [-0.4, -0.2) is 52.5 Å². The number of carbonyl (C=O) groups excluding carboxylic acids is 1. The van der Waals surface area contributed by atoms with Crippen LogP contribution in [0.4, 0.5) is 15.9 Å². The van der Waals surface area contributed by atoms with Gasteiger partial charge in [-0.25, -0.2) is 14.4 Å². The average Bonchev–Trinajstić information content (AvgIpc) is 3.66. The van der Waals surface area contributed by atoms with E-state index in [2.05, 4.69) is 26.6 Å². The van der Waals surface area contributed by atoms with Crippen LogP contribution < -0.4 is 10.6 Å². The summed E-state index contributed by atoms with van der Waals surface area (Å²) in [6.07, 6.45) is 4.36. The maximum Gasteiger partial charge on any atom is 0.254 e. The summed E-state index contributed by atoms with van der Waals surface area (Å²) < 4.78 is 21.1. The van der Waals surface area contributed by atoms with Crippen LogP contribution >= 0.6 is 0 Å². The molecule has 1 saturated heterocycles. The average molecular weight is 517 g/mol. The second kappa shape index (κ2) is 10.9. The number of benzene rings is 1. The number of hydrogen-bond donors (Lipinski definition) is 2. The number of anilines is 2. The van der Waals surface area contributed by atoms with E-state index in [0.717, 1.165) is 42.1 Å². The zero-order chi connectivity index (χ0) is 26.8. The van der Waals surface area contributed by atoms with E-state index in [1.165, 1.54) is 17.7 Å². The quantitative estimate of drug-likeness (QED) is 0.370. The molecule has 8 nitrogen and oxygen atoms in total. The lowest BCUT2D eigenvalue weighted by atomic mass is 9.96. The van der Waals surface area contributed by atoms with E-state index in [0.29, 0.717) is 41.7 Å². The third-order valence-corrected chi connectivity index (χ3v) is 6.82. The number of rotatable bonds is 6. The monoisotopic (exact) mass is 516 g/mol. The summed E-state index contributed by atoms with van der Waals surface area (Å²) in [5.74, 6) is 0.570. The lowest BCUT2D eigenvalue weighted by Gasteiger charge is -2.19. The Morgan fingerprint density at radius 3 is 2.82 bits per heavy atom. The van der Waals surface area contributed by atoms with Gasteiger partial charge in [0.05, 0.1) is 35.4 Å². The Morgan fingerprint density at radius 1 is 1.21 bits per heavy atom. The molecule has 38 heavy (non-hydrogen) atoms. The summed E-state index contributed by atoms with van der Waals surface area (Å²) in [6, 6.07) is 10.8. The van der Waals surface area contributed by atoms with E-state index in [4.69, 9.17) is 9.72 Å². The number of nitrogens with zero attached hydrogens (tertiary/aromatic N) is 4. The molecule has 4 aromatic rings. The van der Waals surface area contributed by atoms with E-state index >= 15 is 0 Å². The van der Waals surface area contributed by atoms with Crippen molar-refractivity contribution >= 4 is 23.1 Å². The van der Waals surface area contributed by atoms with Gasteiger partial charge in [-0.1, -0.05) is 26.0 Å². The maximum absolute atomic E-state index is 13.7. The van der Waals surface area contributed by atoms with Crippen molar-refractivity contribution in [1.82, 2.24) is 24.6 Å². The molecule has 3 aromatic heterocycles. The zero-order valence-electron chi connectivity index (χ0n) is 22.2. The third kappa shape index (κ3) is 4.87. The van der Waals surface area contributed by atoms with Crippen molar-refractivity contribution in [3.63, 3.8) is 0 Å². The molecule has 2 N–H and O–H groups in total. The Hall–Kier alpha value is -3.82. The molecule has 5 heterocycles. The molecular weight excluding hydrogens is 483 g/mol. The number of hydrogen-bond acceptors (Lipinski definition) is 6. The van der Waals surface area contributed by atoms with E-state index in [1.54, 1.807) is 12.4 Å². The van der Waals surface area contributed by atoms with Crippen LogP contribution in [0.15, 0.2) is 48.8 Å². The first-order chi connectivity index (χ1) is 18.5. The van der Waals surface area contributed by atoms with Crippen molar-refractivity contribution in [1.29, 1.82) is 0 Å². The number of ether oxygens (including phenoxy) is 1. The number of halogens is 1. The van der Waals surface area contributed by atoms with Crippen molar-refractivity contribution in [3.8, 4) is 11.3 Å². The third-order valence-electron chi connectivity index (χ3n) is 6.82. The summed E-state index contributed by atoms with van der Waals surface area (Å²) in [6.45, 7) is 6.63. The highest BCUT2D eigenvalue weighted by atomic mass is 19.1. The maximum atomic E-state index is 13.7. The first-order valence-corrected chi connectivity index (χ1v) is 13.0. The molecule has 0 radical (unpaired) electrons. The van der Waals surface area contributed by atoms with Gasteiger partial charge >= 0.3 is 0 Å². The number of imidazole rings is 1. The molecular formula is C29H33FN6O2. The van der Waals surface area contributed by atoms with Gasteiger partial charge in [0.2, 0.25) is 0 Å². The van der Waals surface area contributed by atoms with Gasteiger partial charge in [-0.2, -0.15) is 0 Å². The Balaban J connectivity index is 0.00000144. The standard InChI is InChI=1S/C27H27FN6O2.C2H6/c1-33(2)14-22-18(16-8-10-36-15-16)4-6-24(32-22)31-21-5-3-19(20-12-30-27(35)26(20)21)23-13-29-25-11-17(28)7-9-34(23)25;1-2/h3-7,9,11,13,16H,8,10,12,14-15H2,1-2H3,(H,30,35)(H,31,32);1-2H3. The molecule has 0 aliphatic carbocycles. The molecule has 1 atom stereocenters. The first kappa shape index (κ1) is 25.8. The number of amides is 1. The van der Waals surface area contributed by atoms with E-state index in [9.17, 15) is 9.18 Å². The van der Waals surface area contributed by atoms with Crippen molar-refractivity contribution in [2.75, 3.05) is 32.6 Å². The number of aromatic nitrogens is 3. The van der Waals surface area contributed by atoms with Crippen LogP contribution in [0, 0.1) is 5.82 Å². The second-order valence-electron chi connectivity index (χ2n) is 9.57. The summed E-state index contributed by atoms with van der Waals surface area (Å²) in [5, 5.41) is 6.33. The van der Waals surface area contributed by atoms with Crippen LogP contribution in [0.1, 0.15) is 53.4 Å². The Morgan fingerprint density at radius 2 is 2.05 bits per heavy atom. The lowest BCUT2D eigenvalue weighted by Crippen LogP contribution is -2.16. The largest absolute Gasteiger partial charge is 0.381 e. The van der Waals surface area contributed by atoms with Gasteiger partial charge in [0, 0.05) is 43.4 Å². The van der Waals surface area contributed by atoms with Crippen LogP contribution in [0.2, 0.25) is 0 Å². The Bertz CT molecular complexity index is 1480. The summed E-state index contributed by atoms with van der Waals surface area (Å²) in [7, 11) is 4.06. The Kier molecular flexibility index (Phi) is 7.40. The van der Waals surface area contributed by atoms with Crippen molar-refractivity contribution in [2.45, 2.75) is 39.3 Å². The van der Waals surface area contributed by atoms with Gasteiger partial charge < -0.3 is 20.3 Å². The second-order valence-corrected chi connectivity index (χ2v) is 9.57. The normalized spacial score (nSPS) is 16.4. The fraction of sp³-hybridized carbons (Fsp3) is 0.345. The first-order valence-electron chi connectivity index (χ1n) is 13.0. The van der Waals surface area contributed by atoms with Gasteiger partial charge in [0.1, 0.15) is 17.3 Å². The van der Waals surface area contributed by atoms with Crippen LogP contribution in [0.25, 0.3) is 16.9 Å². The topological polar surface area (TPSA) is 83.8 Å². The van der Waals surface area contributed by atoms with Crippen molar-refractivity contribution in [3.05, 3.63) is 77.0 Å². The highest BCUT2D eigenvalue weighted by Crippen LogP contribution is 2.36. The van der Waals surface area contributed by atoms with Gasteiger partial charge in [-0.3, -0.25) is 9.20 Å². The van der Waals surface area contributed by atoms with Gasteiger partial charge in [-0.05, 0) is 49.8 Å². The minimum atomic E-state index is -0.339. The number of carbonyl (C=O) groups is 1. The molecule has 2 aliphatic rings. The highest BCUT2D eigenvalue weighted by molar-refractivity contribution is 6.06. The predicted molar refractivity (Wildman–Crippen MR) is 146 cm³/mol. The van der Waals surface area contributed by atoms with E-state index in [1.807, 2.05) is 50.5 Å². The zero-order valence-corrected chi connectivity index (χ0v) is 22.2. The molecule has 0 bridgehead atoms. The molecule has 0 saturated carbocycles. The molecule has 2 aliphatic heterocycles. The lowest BCUT2D eigenvalue weighted by molar-refractivity contribution is 0.0966. The SMILES string of the molecule is CC.CN(C)Cc1nc(Nc2ccc(-c3cnc4cc(F)ccn34)c3c2C(=O)NC3)ccc1C1CCOC1. The van der Waals surface area contributed by atoms with Gasteiger partial charge in [0.15, 0.2) is 0 Å². The van der Waals surface area contributed by atoms with Crippen molar-refractivity contribution < 1.29 is 13.9 Å². The predicted octanol–water partition coefficient (Wildman–Crippen LogP) is 5.11. The van der Waals surface area contributed by atoms with Gasteiger partial charge in [0.25, 0.3) is 5.91 Å².